The molecule has 0 unspecified atom stereocenters. The van der Waals surface area contributed by atoms with Gasteiger partial charge in [-0.1, -0.05) is 6.07 Å². The van der Waals surface area contributed by atoms with Crippen molar-refractivity contribution < 1.29 is 8.42 Å². The van der Waals surface area contributed by atoms with Gasteiger partial charge in [-0.3, -0.25) is 0 Å². The molecule has 0 aliphatic carbocycles. The number of sulfonamides is 1. The van der Waals surface area contributed by atoms with E-state index in [0.717, 1.165) is 6.42 Å². The van der Waals surface area contributed by atoms with Crippen LogP contribution in [-0.2, 0) is 16.4 Å². The summed E-state index contributed by atoms with van der Waals surface area (Å²) < 4.78 is 24.3. The first-order chi connectivity index (χ1) is 5.97. The maximum atomic E-state index is 10.9. The van der Waals surface area contributed by atoms with Crippen LogP contribution in [-0.4, -0.2) is 20.7 Å². The molecule has 1 aromatic heterocycles. The predicted octanol–water partition coefficient (Wildman–Crippen LogP) is 1.23. The number of nitrogens with one attached hydrogen (secondary N) is 1. The molecule has 1 rings (SSSR count). The van der Waals surface area contributed by atoms with E-state index in [1.54, 1.807) is 11.3 Å². The van der Waals surface area contributed by atoms with E-state index in [4.69, 9.17) is 0 Å². The van der Waals surface area contributed by atoms with Gasteiger partial charge in [0.05, 0.1) is 6.26 Å². The number of hydrogen-bond acceptors (Lipinski definition) is 3. The van der Waals surface area contributed by atoms with Gasteiger partial charge in [0, 0.05) is 10.9 Å². The lowest BCUT2D eigenvalue weighted by atomic mass is 10.2. The average Bonchev–Trinajstić information content (AvgIpc) is 2.34. The summed E-state index contributed by atoms with van der Waals surface area (Å²) in [5, 5.41) is 1.99. The van der Waals surface area contributed by atoms with Crippen LogP contribution in [0.2, 0.25) is 0 Å². The molecule has 0 bridgehead atoms. The van der Waals surface area contributed by atoms with Crippen LogP contribution < -0.4 is 4.72 Å². The predicted molar refractivity (Wildman–Crippen MR) is 55.5 cm³/mol. The molecule has 0 aliphatic rings. The number of thiophene rings is 1. The van der Waals surface area contributed by atoms with Gasteiger partial charge in [0.25, 0.3) is 0 Å². The lowest BCUT2D eigenvalue weighted by molar-refractivity contribution is 0.566. The molecule has 0 amide bonds. The summed E-state index contributed by atoms with van der Waals surface area (Å²) in [6, 6.07) is 3.94. The van der Waals surface area contributed by atoms with E-state index in [2.05, 4.69) is 4.72 Å². The molecule has 13 heavy (non-hydrogen) atoms. The van der Waals surface area contributed by atoms with Gasteiger partial charge in [0.2, 0.25) is 10.0 Å². The first-order valence-corrected chi connectivity index (χ1v) is 6.74. The molecule has 0 aromatic carbocycles. The summed E-state index contributed by atoms with van der Waals surface area (Å²) in [7, 11) is -3.07. The molecule has 0 saturated heterocycles. The van der Waals surface area contributed by atoms with Crippen molar-refractivity contribution in [3.05, 3.63) is 22.4 Å². The lowest BCUT2D eigenvalue weighted by Crippen LogP contribution is -2.32. The van der Waals surface area contributed by atoms with E-state index >= 15 is 0 Å². The maximum absolute atomic E-state index is 10.9. The first kappa shape index (κ1) is 10.7. The van der Waals surface area contributed by atoms with Crippen molar-refractivity contribution in [3.63, 3.8) is 0 Å². The Morgan fingerprint density at radius 1 is 1.62 bits per heavy atom. The Kier molecular flexibility index (Phi) is 3.47. The maximum Gasteiger partial charge on any atom is 0.208 e. The molecule has 0 aliphatic heterocycles. The molecule has 1 heterocycles. The van der Waals surface area contributed by atoms with Gasteiger partial charge in [-0.25, -0.2) is 13.1 Å². The van der Waals surface area contributed by atoms with Crippen molar-refractivity contribution in [1.29, 1.82) is 0 Å². The molecule has 0 saturated carbocycles. The monoisotopic (exact) mass is 219 g/mol. The summed E-state index contributed by atoms with van der Waals surface area (Å²) >= 11 is 1.64. The van der Waals surface area contributed by atoms with Crippen LogP contribution in [0.1, 0.15) is 11.8 Å². The fourth-order valence-corrected chi connectivity index (χ4v) is 2.79. The highest BCUT2D eigenvalue weighted by atomic mass is 32.2. The Labute approximate surface area is 82.8 Å². The van der Waals surface area contributed by atoms with Crippen LogP contribution in [0.15, 0.2) is 17.5 Å². The zero-order chi connectivity index (χ0) is 9.90. The second-order valence-electron chi connectivity index (χ2n) is 3.07. The van der Waals surface area contributed by atoms with Gasteiger partial charge >= 0.3 is 0 Å². The summed E-state index contributed by atoms with van der Waals surface area (Å²) in [5.74, 6) is 0. The highest BCUT2D eigenvalue weighted by molar-refractivity contribution is 7.88. The molecule has 0 fully saturated rings. The topological polar surface area (TPSA) is 46.2 Å². The minimum Gasteiger partial charge on any atom is -0.213 e. The molecule has 1 aromatic rings. The molecule has 0 radical (unpaired) electrons. The highest BCUT2D eigenvalue weighted by Crippen LogP contribution is 2.10. The van der Waals surface area contributed by atoms with Gasteiger partial charge in [0.15, 0.2) is 0 Å². The van der Waals surface area contributed by atoms with Crippen LogP contribution in [0.3, 0.4) is 0 Å². The third-order valence-corrected chi connectivity index (χ3v) is 3.23. The quantitative estimate of drug-likeness (QED) is 0.828. The van der Waals surface area contributed by atoms with Crippen molar-refractivity contribution >= 4 is 21.4 Å². The molecular formula is C8H13NO2S2. The standard InChI is InChI=1S/C8H13NO2S2/c1-7(9-13(2,10)11)6-8-4-3-5-12-8/h3-5,7,9H,6H2,1-2H3/t7-/m0/s1. The normalized spacial score (nSPS) is 14.3. The Bertz CT molecular complexity index is 342. The van der Waals surface area contributed by atoms with Gasteiger partial charge in [-0.2, -0.15) is 0 Å². The largest absolute Gasteiger partial charge is 0.213 e. The van der Waals surface area contributed by atoms with E-state index in [0.29, 0.717) is 0 Å². The van der Waals surface area contributed by atoms with Gasteiger partial charge in [-0.15, -0.1) is 11.3 Å². The molecular weight excluding hydrogens is 206 g/mol. The summed E-state index contributed by atoms with van der Waals surface area (Å²) in [4.78, 5) is 1.20. The second-order valence-corrected chi connectivity index (χ2v) is 5.89. The van der Waals surface area contributed by atoms with Crippen molar-refractivity contribution in [1.82, 2.24) is 4.72 Å². The van der Waals surface area contributed by atoms with Gasteiger partial charge in [0.1, 0.15) is 0 Å². The molecule has 5 heteroatoms. The van der Waals surface area contributed by atoms with Gasteiger partial charge < -0.3 is 0 Å². The van der Waals surface area contributed by atoms with Crippen LogP contribution >= 0.6 is 11.3 Å². The average molecular weight is 219 g/mol. The van der Waals surface area contributed by atoms with E-state index in [-0.39, 0.29) is 6.04 Å². The van der Waals surface area contributed by atoms with Crippen molar-refractivity contribution in [2.45, 2.75) is 19.4 Å². The van der Waals surface area contributed by atoms with Crippen LogP contribution in [0.5, 0.6) is 0 Å². The second kappa shape index (κ2) is 4.21. The van der Waals surface area contributed by atoms with Crippen molar-refractivity contribution in [2.75, 3.05) is 6.26 Å². The summed E-state index contributed by atoms with van der Waals surface area (Å²) in [5.41, 5.74) is 0. The first-order valence-electron chi connectivity index (χ1n) is 3.97. The van der Waals surface area contributed by atoms with Crippen LogP contribution in [0.4, 0.5) is 0 Å². The number of rotatable bonds is 4. The SMILES string of the molecule is C[C@@H](Cc1cccs1)NS(C)(=O)=O. The van der Waals surface area contributed by atoms with E-state index in [9.17, 15) is 8.42 Å². The van der Waals surface area contributed by atoms with E-state index in [1.165, 1.54) is 11.1 Å². The van der Waals surface area contributed by atoms with E-state index < -0.39 is 10.0 Å². The summed E-state index contributed by atoms with van der Waals surface area (Å²) in [6.45, 7) is 1.86. The fourth-order valence-electron chi connectivity index (χ4n) is 1.14. The number of hydrogen-bond donors (Lipinski definition) is 1. The minimum absolute atomic E-state index is 0.0337. The Hall–Kier alpha value is -0.390. The Morgan fingerprint density at radius 3 is 2.77 bits per heavy atom. The zero-order valence-corrected chi connectivity index (χ0v) is 9.28. The minimum atomic E-state index is -3.07. The van der Waals surface area contributed by atoms with E-state index in [1.807, 2.05) is 24.4 Å². The molecule has 3 nitrogen and oxygen atoms in total. The fraction of sp³-hybridized carbons (Fsp3) is 0.500. The smallest absolute Gasteiger partial charge is 0.208 e. The third-order valence-electron chi connectivity index (χ3n) is 1.50. The molecule has 74 valence electrons. The van der Waals surface area contributed by atoms with Crippen molar-refractivity contribution in [3.8, 4) is 0 Å². The molecule has 0 spiro atoms. The lowest BCUT2D eigenvalue weighted by Gasteiger charge is -2.10. The Balaban J connectivity index is 2.47. The Morgan fingerprint density at radius 2 is 2.31 bits per heavy atom. The van der Waals surface area contributed by atoms with Crippen LogP contribution in [0.25, 0.3) is 0 Å². The van der Waals surface area contributed by atoms with Gasteiger partial charge in [-0.05, 0) is 24.8 Å². The molecule has 1 atom stereocenters. The summed E-state index contributed by atoms with van der Waals surface area (Å²) in [6.07, 6.45) is 1.93. The third kappa shape index (κ3) is 4.40. The highest BCUT2D eigenvalue weighted by Gasteiger charge is 2.09. The van der Waals surface area contributed by atoms with Crippen molar-refractivity contribution in [2.24, 2.45) is 0 Å². The van der Waals surface area contributed by atoms with Crippen LogP contribution in [0, 0.1) is 0 Å². The molecule has 1 N–H and O–H groups in total. The zero-order valence-electron chi connectivity index (χ0n) is 7.65.